The third-order valence-corrected chi connectivity index (χ3v) is 16.5. The van der Waals surface area contributed by atoms with E-state index in [0.717, 1.165) is 57.8 Å². The van der Waals surface area contributed by atoms with E-state index in [9.17, 15) is 19.0 Å². The van der Waals surface area contributed by atoms with Crippen molar-refractivity contribution in [3.8, 4) is 0 Å². The van der Waals surface area contributed by atoms with Gasteiger partial charge in [0.1, 0.15) is 19.3 Å². The molecule has 0 aromatic carbocycles. The van der Waals surface area contributed by atoms with Crippen LogP contribution in [0.3, 0.4) is 0 Å². The van der Waals surface area contributed by atoms with Gasteiger partial charge in [-0.15, -0.1) is 0 Å². The Bertz CT molecular complexity index is 1450. The van der Waals surface area contributed by atoms with Crippen LogP contribution in [0, 0.1) is 0 Å². The van der Waals surface area contributed by atoms with Crippen molar-refractivity contribution in [2.45, 2.75) is 354 Å². The van der Waals surface area contributed by atoms with Gasteiger partial charge in [-0.2, -0.15) is 0 Å². The monoisotopic (exact) mass is 1130 g/mol. The molecule has 0 saturated heterocycles. The average molecular weight is 1130 g/mol. The number of phosphoric acid groups is 1. The number of ether oxygens (including phenoxy) is 1. The van der Waals surface area contributed by atoms with E-state index in [1.807, 2.05) is 33.3 Å². The van der Waals surface area contributed by atoms with Crippen LogP contribution in [-0.4, -0.2) is 74.3 Å². The third kappa shape index (κ3) is 60.6. The van der Waals surface area contributed by atoms with E-state index >= 15 is 0 Å². The molecule has 0 rings (SSSR count). The first-order chi connectivity index (χ1) is 38.4. The van der Waals surface area contributed by atoms with Gasteiger partial charge < -0.3 is 19.4 Å². The fourth-order valence-electron chi connectivity index (χ4n) is 10.2. The lowest BCUT2D eigenvalue weighted by atomic mass is 10.0. The second kappa shape index (κ2) is 59.4. The van der Waals surface area contributed by atoms with Crippen LogP contribution in [0.25, 0.3) is 0 Å². The first-order valence-electron chi connectivity index (χ1n) is 34.3. The van der Waals surface area contributed by atoms with E-state index in [0.29, 0.717) is 17.4 Å². The molecule has 0 heterocycles. The van der Waals surface area contributed by atoms with Crippen LogP contribution in [0.5, 0.6) is 0 Å². The SMILES string of the molecule is CCCCCCCC/C=C/CCCCCCCCCCCCCCCC(=O)NC(COP(=O)(O)OCC[N+](C)(C)C)C(/C=C\CCCCCCCCCCCCC)OC(=O)CCCCCCCCC/C=C/CCCCCCCC. The number of nitrogens with zero attached hydrogens (tertiary/aromatic N) is 1. The largest absolute Gasteiger partial charge is 0.472 e. The van der Waals surface area contributed by atoms with Gasteiger partial charge in [0.25, 0.3) is 0 Å². The maximum absolute atomic E-state index is 13.6. The topological polar surface area (TPSA) is 111 Å². The molecule has 1 amide bonds. The molecule has 0 spiro atoms. The lowest BCUT2D eigenvalue weighted by Crippen LogP contribution is -2.47. The number of likely N-dealkylation sites (N-methyl/N-ethyl adjacent to an activating group) is 1. The Labute approximate surface area is 491 Å². The molecule has 9 nitrogen and oxygen atoms in total. The number of hydrogen-bond acceptors (Lipinski definition) is 6. The number of allylic oxidation sites excluding steroid dienone is 5. The molecule has 0 aromatic heterocycles. The lowest BCUT2D eigenvalue weighted by molar-refractivity contribution is -0.870. The van der Waals surface area contributed by atoms with Crippen molar-refractivity contribution in [2.24, 2.45) is 0 Å². The predicted octanol–water partition coefficient (Wildman–Crippen LogP) is 21.5. The number of hydrogen-bond donors (Lipinski definition) is 2. The zero-order chi connectivity index (χ0) is 57.9. The molecule has 3 unspecified atom stereocenters. The van der Waals surface area contributed by atoms with Crippen LogP contribution in [0.4, 0.5) is 0 Å². The second-order valence-corrected chi connectivity index (χ2v) is 26.1. The summed E-state index contributed by atoms with van der Waals surface area (Å²) in [4.78, 5) is 37.8. The van der Waals surface area contributed by atoms with Crippen molar-refractivity contribution in [3.05, 3.63) is 36.5 Å². The van der Waals surface area contributed by atoms with Gasteiger partial charge in [0, 0.05) is 12.8 Å². The van der Waals surface area contributed by atoms with Crippen molar-refractivity contribution in [3.63, 3.8) is 0 Å². The average Bonchev–Trinajstić information content (AvgIpc) is 3.41. The zero-order valence-electron chi connectivity index (χ0n) is 53.4. The third-order valence-electron chi connectivity index (χ3n) is 15.6. The van der Waals surface area contributed by atoms with Gasteiger partial charge >= 0.3 is 13.8 Å². The van der Waals surface area contributed by atoms with Crippen molar-refractivity contribution in [1.82, 2.24) is 5.32 Å². The van der Waals surface area contributed by atoms with E-state index in [1.54, 1.807) is 0 Å². The van der Waals surface area contributed by atoms with Gasteiger partial charge in [0.2, 0.25) is 5.91 Å². The van der Waals surface area contributed by atoms with Crippen molar-refractivity contribution in [2.75, 3.05) is 40.9 Å². The van der Waals surface area contributed by atoms with Crippen molar-refractivity contribution in [1.29, 1.82) is 0 Å². The van der Waals surface area contributed by atoms with Gasteiger partial charge in [0.05, 0.1) is 33.8 Å². The van der Waals surface area contributed by atoms with Gasteiger partial charge in [-0.1, -0.05) is 282 Å². The fourth-order valence-corrected chi connectivity index (χ4v) is 11.0. The van der Waals surface area contributed by atoms with Gasteiger partial charge in [0.15, 0.2) is 0 Å². The number of carbonyl (C=O) groups is 2. The molecule has 466 valence electrons. The number of esters is 1. The van der Waals surface area contributed by atoms with Crippen LogP contribution in [0.15, 0.2) is 36.5 Å². The van der Waals surface area contributed by atoms with E-state index in [4.69, 9.17) is 13.8 Å². The summed E-state index contributed by atoms with van der Waals surface area (Å²) in [5, 5.41) is 3.07. The number of nitrogens with one attached hydrogen (secondary N) is 1. The second-order valence-electron chi connectivity index (χ2n) is 24.7. The maximum Gasteiger partial charge on any atom is 0.472 e. The molecular weight excluding hydrogens is 1000 g/mol. The number of unbranched alkanes of at least 4 members (excludes halogenated alkanes) is 43. The number of rotatable bonds is 63. The smallest absolute Gasteiger partial charge is 0.456 e. The minimum Gasteiger partial charge on any atom is -0.456 e. The summed E-state index contributed by atoms with van der Waals surface area (Å²) < 4.78 is 30.8. The number of phosphoric ester groups is 1. The molecule has 0 saturated carbocycles. The van der Waals surface area contributed by atoms with Gasteiger partial charge in [-0.05, 0) is 83.1 Å². The fraction of sp³-hybridized carbons (Fsp3) is 0.884. The highest BCUT2D eigenvalue weighted by molar-refractivity contribution is 7.47. The number of carbonyl (C=O) groups excluding carboxylic acids is 2. The lowest BCUT2D eigenvalue weighted by Gasteiger charge is -2.27. The van der Waals surface area contributed by atoms with E-state index in [1.165, 1.54) is 250 Å². The summed E-state index contributed by atoms with van der Waals surface area (Å²) in [6.45, 7) is 7.05. The van der Waals surface area contributed by atoms with Crippen LogP contribution in [-0.2, 0) is 27.9 Å². The molecule has 2 N–H and O–H groups in total. The summed E-state index contributed by atoms with van der Waals surface area (Å²) in [6, 6.07) is -0.848. The predicted molar refractivity (Wildman–Crippen MR) is 342 cm³/mol. The molecule has 10 heteroatoms. The van der Waals surface area contributed by atoms with Gasteiger partial charge in [-0.3, -0.25) is 18.6 Å². The Morgan fingerprint density at radius 1 is 0.430 bits per heavy atom. The zero-order valence-corrected chi connectivity index (χ0v) is 54.3. The van der Waals surface area contributed by atoms with E-state index in [-0.39, 0.29) is 31.5 Å². The molecule has 0 radical (unpaired) electrons. The summed E-state index contributed by atoms with van der Waals surface area (Å²) in [5.41, 5.74) is 0. The highest BCUT2D eigenvalue weighted by Gasteiger charge is 2.30. The first-order valence-corrected chi connectivity index (χ1v) is 35.8. The standard InChI is InChI=1S/C69H133N2O7P/c1-7-10-13-16-19-22-25-28-30-32-33-34-35-36-37-39-40-43-46-49-52-55-58-61-68(72)70-66(65-77-79(74,75)76-64-63-71(4,5)6)67(60-57-54-51-48-45-42-27-24-21-18-15-12-9-3)78-69(73)62-59-56-53-50-47-44-41-38-31-29-26-23-20-17-14-11-8-2/h28-31,57,60,66-67H,7-27,32-56,58-59,61-65H2,1-6H3,(H-,70,72,74,75)/p+1/b30-28+,31-29+,60-57-. The molecule has 79 heavy (non-hydrogen) atoms. The summed E-state index contributed by atoms with van der Waals surface area (Å²) in [5.74, 6) is -0.494. The minimum atomic E-state index is -4.45. The van der Waals surface area contributed by atoms with Crippen LogP contribution < -0.4 is 5.32 Å². The molecule has 0 fully saturated rings. The maximum atomic E-state index is 13.6. The Hall–Kier alpha value is -1.77. The molecule has 3 atom stereocenters. The highest BCUT2D eigenvalue weighted by Crippen LogP contribution is 2.43. The highest BCUT2D eigenvalue weighted by atomic mass is 31.2. The summed E-state index contributed by atoms with van der Waals surface area (Å²) in [7, 11) is 1.51. The van der Waals surface area contributed by atoms with Crippen molar-refractivity contribution >= 4 is 19.7 Å². The molecule has 0 aliphatic heterocycles. The van der Waals surface area contributed by atoms with E-state index in [2.05, 4.69) is 50.4 Å². The summed E-state index contributed by atoms with van der Waals surface area (Å²) in [6.07, 6.45) is 72.9. The Morgan fingerprint density at radius 3 is 1.08 bits per heavy atom. The van der Waals surface area contributed by atoms with Crippen molar-refractivity contribution < 1.29 is 37.3 Å². The molecule has 0 aromatic rings. The normalized spacial score (nSPS) is 13.8. The summed E-state index contributed by atoms with van der Waals surface area (Å²) >= 11 is 0. The van der Waals surface area contributed by atoms with Crippen LogP contribution in [0.2, 0.25) is 0 Å². The quantitative estimate of drug-likeness (QED) is 0.0205. The minimum absolute atomic E-state index is 0.0418. The molecular formula is C69H134N2O7P+. The molecule has 0 bridgehead atoms. The first kappa shape index (κ1) is 77.2. The molecule has 0 aliphatic carbocycles. The van der Waals surface area contributed by atoms with Crippen LogP contribution in [0.1, 0.15) is 342 Å². The van der Waals surface area contributed by atoms with Crippen LogP contribution >= 0.6 is 7.82 Å². The van der Waals surface area contributed by atoms with E-state index < -0.39 is 20.0 Å². The Morgan fingerprint density at radius 2 is 0.734 bits per heavy atom. The number of quaternary nitrogens is 1. The Kier molecular flexibility index (Phi) is 58.1. The Balaban J connectivity index is 5.13. The number of amides is 1. The van der Waals surface area contributed by atoms with Gasteiger partial charge in [-0.25, -0.2) is 4.57 Å². The molecule has 0 aliphatic rings.